The maximum absolute atomic E-state index is 13.1. The minimum atomic E-state index is -0.757. The van der Waals surface area contributed by atoms with Crippen LogP contribution in [0.2, 0.25) is 5.02 Å². The molecule has 1 saturated heterocycles. The lowest BCUT2D eigenvalue weighted by molar-refractivity contribution is -0.145. The van der Waals surface area contributed by atoms with Crippen LogP contribution in [0.5, 0.6) is 5.75 Å². The van der Waals surface area contributed by atoms with Gasteiger partial charge in [-0.05, 0) is 24.3 Å². The van der Waals surface area contributed by atoms with E-state index in [0.29, 0.717) is 24.7 Å². The van der Waals surface area contributed by atoms with Crippen molar-refractivity contribution >= 4 is 23.2 Å². The Kier molecular flexibility index (Phi) is 4.36. The van der Waals surface area contributed by atoms with E-state index in [-0.39, 0.29) is 23.6 Å². The first-order chi connectivity index (χ1) is 11.3. The van der Waals surface area contributed by atoms with Gasteiger partial charge in [-0.3, -0.25) is 9.48 Å². The number of nitrogen functional groups attached to an aromatic ring is 1. The highest BCUT2D eigenvalue weighted by atomic mass is 35.5. The average molecular weight is 353 g/mol. The zero-order valence-corrected chi connectivity index (χ0v) is 14.0. The molecule has 1 fully saturated rings. The molecule has 0 saturated carbocycles. The van der Waals surface area contributed by atoms with E-state index in [4.69, 9.17) is 22.1 Å². The number of aromatic nitrogens is 2. The van der Waals surface area contributed by atoms with E-state index in [0.717, 1.165) is 5.75 Å². The highest BCUT2D eigenvalue weighted by Gasteiger charge is 2.42. The largest absolute Gasteiger partial charge is 0.493 e. The van der Waals surface area contributed by atoms with E-state index in [1.165, 1.54) is 10.9 Å². The van der Waals surface area contributed by atoms with Crippen LogP contribution in [-0.2, 0) is 11.3 Å². The normalized spacial score (nSPS) is 15.9. The van der Waals surface area contributed by atoms with Gasteiger partial charge in [-0.1, -0.05) is 18.5 Å². The van der Waals surface area contributed by atoms with Gasteiger partial charge in [0.05, 0.1) is 12.8 Å². The minimum Gasteiger partial charge on any atom is -0.493 e. The number of ether oxygens (including phenoxy) is 1. The summed E-state index contributed by atoms with van der Waals surface area (Å²) in [5, 5.41) is 4.21. The topological polar surface area (TPSA) is 73.4 Å². The Hall–Kier alpha value is -2.28. The summed E-state index contributed by atoms with van der Waals surface area (Å²) in [6.07, 6.45) is 1.32. The van der Waals surface area contributed by atoms with Crippen LogP contribution in [0.1, 0.15) is 6.92 Å². The smallest absolute Gasteiger partial charge is 0.255 e. The Labute approximate surface area is 143 Å². The molecule has 1 aromatic carbocycles. The summed E-state index contributed by atoms with van der Waals surface area (Å²) in [6, 6.07) is 7.16. The van der Waals surface area contributed by atoms with E-state index < -0.39 is 5.95 Å². The number of amides is 1. The van der Waals surface area contributed by atoms with E-state index in [1.54, 1.807) is 17.0 Å². The van der Waals surface area contributed by atoms with Crippen LogP contribution in [0.3, 0.4) is 0 Å². The van der Waals surface area contributed by atoms with Crippen molar-refractivity contribution in [2.75, 3.05) is 25.4 Å². The van der Waals surface area contributed by atoms with Crippen LogP contribution in [0.25, 0.3) is 0 Å². The fraction of sp³-hybridized carbons (Fsp3) is 0.375. The number of nitrogens with two attached hydrogens (primary N) is 1. The van der Waals surface area contributed by atoms with Gasteiger partial charge in [0.15, 0.2) is 0 Å². The number of hydrogen-bond acceptors (Lipinski definition) is 4. The van der Waals surface area contributed by atoms with Crippen molar-refractivity contribution in [1.82, 2.24) is 14.7 Å². The molecule has 128 valence electrons. The van der Waals surface area contributed by atoms with E-state index in [1.807, 2.05) is 12.1 Å². The van der Waals surface area contributed by atoms with Crippen molar-refractivity contribution in [2.45, 2.75) is 13.5 Å². The first-order valence-corrected chi connectivity index (χ1v) is 7.87. The van der Waals surface area contributed by atoms with Crippen molar-refractivity contribution in [3.05, 3.63) is 41.4 Å². The molecule has 6 nitrogen and oxygen atoms in total. The molecule has 0 unspecified atom stereocenters. The van der Waals surface area contributed by atoms with Gasteiger partial charge in [0, 0.05) is 23.5 Å². The van der Waals surface area contributed by atoms with Crippen molar-refractivity contribution in [3.8, 4) is 5.75 Å². The Balaban J connectivity index is 1.48. The summed E-state index contributed by atoms with van der Waals surface area (Å²) in [5.74, 6) is -0.137. The van der Waals surface area contributed by atoms with Crippen LogP contribution in [0.4, 0.5) is 10.1 Å². The van der Waals surface area contributed by atoms with Gasteiger partial charge in [-0.15, -0.1) is 5.10 Å². The Morgan fingerprint density at radius 2 is 2.08 bits per heavy atom. The Bertz CT molecular complexity index is 722. The van der Waals surface area contributed by atoms with Gasteiger partial charge >= 0.3 is 0 Å². The third kappa shape index (κ3) is 3.62. The maximum Gasteiger partial charge on any atom is 0.255 e. The third-order valence-corrected chi connectivity index (χ3v) is 4.19. The molecular formula is C16H18ClFN4O2. The first-order valence-electron chi connectivity index (χ1n) is 7.49. The number of nitrogens with zero attached hydrogens (tertiary/aromatic N) is 3. The number of carbonyl (C=O) groups is 1. The molecule has 1 aromatic heterocycles. The molecule has 2 heterocycles. The van der Waals surface area contributed by atoms with Gasteiger partial charge in [0.1, 0.15) is 18.0 Å². The van der Waals surface area contributed by atoms with Crippen LogP contribution < -0.4 is 10.5 Å². The molecule has 1 aliphatic heterocycles. The summed E-state index contributed by atoms with van der Waals surface area (Å²) in [6.45, 7) is 3.69. The molecule has 0 atom stereocenters. The number of carbonyl (C=O) groups excluding carboxylic acids is 1. The molecule has 2 N–H and O–H groups in total. The van der Waals surface area contributed by atoms with Crippen LogP contribution >= 0.6 is 11.6 Å². The lowest BCUT2D eigenvalue weighted by atomic mass is 9.83. The monoisotopic (exact) mass is 352 g/mol. The van der Waals surface area contributed by atoms with Gasteiger partial charge in [0.2, 0.25) is 5.91 Å². The third-order valence-electron chi connectivity index (χ3n) is 3.94. The fourth-order valence-electron chi connectivity index (χ4n) is 2.66. The molecule has 0 spiro atoms. The molecule has 0 bridgehead atoms. The highest BCUT2D eigenvalue weighted by Crippen LogP contribution is 2.31. The number of benzene rings is 1. The SMILES string of the molecule is CC1(COc2ccc(Cl)cc2)CN(C(=O)Cn2cc(N)c(F)n2)C1. The molecular weight excluding hydrogens is 335 g/mol. The Morgan fingerprint density at radius 1 is 1.42 bits per heavy atom. The lowest BCUT2D eigenvalue weighted by Gasteiger charge is -2.47. The average Bonchev–Trinajstić information content (AvgIpc) is 2.82. The molecule has 0 aliphatic carbocycles. The quantitative estimate of drug-likeness (QED) is 0.895. The summed E-state index contributed by atoms with van der Waals surface area (Å²) in [5.41, 5.74) is 5.21. The van der Waals surface area contributed by atoms with Crippen molar-refractivity contribution in [3.63, 3.8) is 0 Å². The predicted octanol–water partition coefficient (Wildman–Crippen LogP) is 2.19. The second-order valence-electron chi connectivity index (χ2n) is 6.38. The number of anilines is 1. The zero-order valence-electron chi connectivity index (χ0n) is 13.2. The highest BCUT2D eigenvalue weighted by molar-refractivity contribution is 6.30. The van der Waals surface area contributed by atoms with Crippen molar-refractivity contribution < 1.29 is 13.9 Å². The maximum atomic E-state index is 13.1. The van der Waals surface area contributed by atoms with Crippen molar-refractivity contribution in [1.29, 1.82) is 0 Å². The summed E-state index contributed by atoms with van der Waals surface area (Å²) in [7, 11) is 0. The number of halogens is 2. The van der Waals surface area contributed by atoms with Gasteiger partial charge in [0.25, 0.3) is 5.95 Å². The van der Waals surface area contributed by atoms with Gasteiger partial charge in [-0.25, -0.2) is 0 Å². The van der Waals surface area contributed by atoms with Gasteiger partial charge < -0.3 is 15.4 Å². The predicted molar refractivity (Wildman–Crippen MR) is 88.2 cm³/mol. The summed E-state index contributed by atoms with van der Waals surface area (Å²) in [4.78, 5) is 13.9. The number of hydrogen-bond donors (Lipinski definition) is 1. The summed E-state index contributed by atoms with van der Waals surface area (Å²) < 4.78 is 20.1. The fourth-order valence-corrected chi connectivity index (χ4v) is 2.79. The second kappa shape index (κ2) is 6.32. The van der Waals surface area contributed by atoms with E-state index in [9.17, 15) is 9.18 Å². The lowest BCUT2D eigenvalue weighted by Crippen LogP contribution is -2.60. The van der Waals surface area contributed by atoms with Crippen LogP contribution in [0, 0.1) is 11.4 Å². The first kappa shape index (κ1) is 16.6. The van der Waals surface area contributed by atoms with Crippen LogP contribution in [0.15, 0.2) is 30.5 Å². The molecule has 1 amide bonds. The second-order valence-corrected chi connectivity index (χ2v) is 6.81. The molecule has 2 aromatic rings. The zero-order chi connectivity index (χ0) is 17.3. The molecule has 24 heavy (non-hydrogen) atoms. The number of likely N-dealkylation sites (tertiary alicyclic amines) is 1. The van der Waals surface area contributed by atoms with Crippen LogP contribution in [-0.4, -0.2) is 40.3 Å². The Morgan fingerprint density at radius 3 is 2.67 bits per heavy atom. The summed E-state index contributed by atoms with van der Waals surface area (Å²) >= 11 is 5.83. The number of rotatable bonds is 5. The molecule has 3 rings (SSSR count). The molecule has 8 heteroatoms. The minimum absolute atomic E-state index is 0.0256. The molecule has 0 radical (unpaired) electrons. The van der Waals surface area contributed by atoms with E-state index in [2.05, 4.69) is 12.0 Å². The molecule has 1 aliphatic rings. The standard InChI is InChI=1S/C16H18ClFN4O2/c1-16(10-24-12-4-2-11(17)3-5-12)8-21(9-16)14(23)7-22-6-13(19)15(18)20-22/h2-6H,7-10,19H2,1H3. The van der Waals surface area contributed by atoms with Gasteiger partial charge in [-0.2, -0.15) is 4.39 Å². The van der Waals surface area contributed by atoms with E-state index >= 15 is 0 Å². The van der Waals surface area contributed by atoms with Crippen molar-refractivity contribution in [2.24, 2.45) is 5.41 Å².